The number of hydrogen-bond donors (Lipinski definition) is 2. The number of aryl methyl sites for hydroxylation is 1. The van der Waals surface area contributed by atoms with E-state index in [1.807, 2.05) is 18.3 Å². The van der Waals surface area contributed by atoms with Crippen molar-refractivity contribution >= 4 is 17.0 Å². The van der Waals surface area contributed by atoms with Gasteiger partial charge in [0.05, 0.1) is 6.54 Å². The van der Waals surface area contributed by atoms with Gasteiger partial charge in [-0.3, -0.25) is 0 Å². The maximum atomic E-state index is 10.9. The predicted octanol–water partition coefficient (Wildman–Crippen LogP) is 2.21. The van der Waals surface area contributed by atoms with Crippen LogP contribution in [-0.2, 0) is 11.2 Å². The van der Waals surface area contributed by atoms with Gasteiger partial charge in [-0.15, -0.1) is 0 Å². The fourth-order valence-electron chi connectivity index (χ4n) is 2.25. The number of alkyl carbamates (subject to hydrolysis) is 1. The highest BCUT2D eigenvalue weighted by molar-refractivity contribution is 5.83. The number of para-hydroxylation sites is 1. The second kappa shape index (κ2) is 4.13. The predicted molar refractivity (Wildman–Crippen MR) is 64.9 cm³/mol. The molecule has 0 saturated carbocycles. The summed E-state index contributed by atoms with van der Waals surface area (Å²) in [7, 11) is 0. The highest BCUT2D eigenvalue weighted by Crippen LogP contribution is 2.20. The molecule has 4 nitrogen and oxygen atoms in total. The summed E-state index contributed by atoms with van der Waals surface area (Å²) in [6.45, 7) is 0.626. The number of fused-ring (bicyclic) bond motifs is 1. The first-order valence-corrected chi connectivity index (χ1v) is 5.82. The number of aromatic nitrogens is 1. The normalized spacial score (nSPS) is 19.3. The molecule has 2 N–H and O–H groups in total. The Labute approximate surface area is 99.0 Å². The minimum Gasteiger partial charge on any atom is -0.444 e. The molecule has 0 bridgehead atoms. The average molecular weight is 230 g/mol. The van der Waals surface area contributed by atoms with Crippen molar-refractivity contribution < 1.29 is 9.53 Å². The van der Waals surface area contributed by atoms with Crippen LogP contribution >= 0.6 is 0 Å². The van der Waals surface area contributed by atoms with Gasteiger partial charge in [0.25, 0.3) is 0 Å². The number of cyclic esters (lactones) is 1. The quantitative estimate of drug-likeness (QED) is 0.849. The van der Waals surface area contributed by atoms with Crippen molar-refractivity contribution in [2.24, 2.45) is 0 Å². The molecule has 4 heteroatoms. The van der Waals surface area contributed by atoms with E-state index < -0.39 is 0 Å². The fourth-order valence-corrected chi connectivity index (χ4v) is 2.25. The summed E-state index contributed by atoms with van der Waals surface area (Å²) in [5.41, 5.74) is 2.44. The molecule has 17 heavy (non-hydrogen) atoms. The lowest BCUT2D eigenvalue weighted by Gasteiger charge is -2.06. The number of carbonyl (C=O) groups is 1. The van der Waals surface area contributed by atoms with Gasteiger partial charge in [-0.1, -0.05) is 18.2 Å². The first kappa shape index (κ1) is 10.2. The second-order valence-electron chi connectivity index (χ2n) is 4.31. The Kier molecular flexibility index (Phi) is 2.48. The minimum absolute atomic E-state index is 0.0103. The third kappa shape index (κ3) is 1.98. The van der Waals surface area contributed by atoms with Crippen molar-refractivity contribution in [2.45, 2.75) is 18.9 Å². The first-order valence-electron chi connectivity index (χ1n) is 5.82. The molecule has 0 spiro atoms. The third-order valence-electron chi connectivity index (χ3n) is 3.16. The van der Waals surface area contributed by atoms with E-state index in [2.05, 4.69) is 22.4 Å². The van der Waals surface area contributed by atoms with Crippen LogP contribution in [0.3, 0.4) is 0 Å². The number of amides is 1. The summed E-state index contributed by atoms with van der Waals surface area (Å²) in [6, 6.07) is 8.23. The molecular formula is C13H14N2O2. The number of hydrogen-bond acceptors (Lipinski definition) is 2. The smallest absolute Gasteiger partial charge is 0.407 e. The van der Waals surface area contributed by atoms with Gasteiger partial charge < -0.3 is 15.0 Å². The highest BCUT2D eigenvalue weighted by atomic mass is 16.6. The van der Waals surface area contributed by atoms with Gasteiger partial charge in [0.15, 0.2) is 0 Å². The number of benzene rings is 1. The molecule has 1 aliphatic heterocycles. The van der Waals surface area contributed by atoms with Gasteiger partial charge in [-0.2, -0.15) is 0 Å². The fraction of sp³-hybridized carbons (Fsp3) is 0.308. The van der Waals surface area contributed by atoms with Crippen molar-refractivity contribution in [3.63, 3.8) is 0 Å². The van der Waals surface area contributed by atoms with Crippen LogP contribution in [0.1, 0.15) is 12.0 Å². The second-order valence-corrected chi connectivity index (χ2v) is 4.31. The van der Waals surface area contributed by atoms with E-state index in [-0.39, 0.29) is 12.2 Å². The molecule has 1 atom stereocenters. The van der Waals surface area contributed by atoms with Crippen LogP contribution in [-0.4, -0.2) is 23.7 Å². The topological polar surface area (TPSA) is 54.1 Å². The number of aromatic amines is 1. The molecule has 1 aromatic heterocycles. The van der Waals surface area contributed by atoms with Crippen molar-refractivity contribution in [1.82, 2.24) is 10.3 Å². The van der Waals surface area contributed by atoms with Crippen LogP contribution in [0.15, 0.2) is 30.5 Å². The van der Waals surface area contributed by atoms with Gasteiger partial charge in [-0.25, -0.2) is 4.79 Å². The van der Waals surface area contributed by atoms with Crippen LogP contribution in [0.5, 0.6) is 0 Å². The molecule has 1 saturated heterocycles. The lowest BCUT2D eigenvalue weighted by Crippen LogP contribution is -2.15. The number of H-pyrrole nitrogens is 1. The largest absolute Gasteiger partial charge is 0.444 e. The van der Waals surface area contributed by atoms with Crippen LogP contribution in [0, 0.1) is 0 Å². The Morgan fingerprint density at radius 2 is 2.24 bits per heavy atom. The Hall–Kier alpha value is -1.97. The van der Waals surface area contributed by atoms with E-state index in [0.29, 0.717) is 6.54 Å². The Bertz CT molecular complexity index is 547. The summed E-state index contributed by atoms with van der Waals surface area (Å²) in [5, 5.41) is 3.92. The average Bonchev–Trinajstić information content (AvgIpc) is 2.93. The maximum absolute atomic E-state index is 10.9. The summed E-state index contributed by atoms with van der Waals surface area (Å²) in [6.07, 6.45) is 3.53. The number of nitrogens with one attached hydrogen (secondary N) is 2. The summed E-state index contributed by atoms with van der Waals surface area (Å²) < 4.78 is 5.11. The molecular weight excluding hydrogens is 216 g/mol. The molecule has 1 unspecified atom stereocenters. The lowest BCUT2D eigenvalue weighted by molar-refractivity contribution is 0.136. The summed E-state index contributed by atoms with van der Waals surface area (Å²) in [4.78, 5) is 14.1. The highest BCUT2D eigenvalue weighted by Gasteiger charge is 2.22. The molecule has 1 aliphatic rings. The zero-order chi connectivity index (χ0) is 11.7. The van der Waals surface area contributed by atoms with Gasteiger partial charge in [0.1, 0.15) is 6.10 Å². The SMILES string of the molecule is O=C1NCC(CCc2c[nH]c3ccccc23)O1. The van der Waals surface area contributed by atoms with Gasteiger partial charge >= 0.3 is 6.09 Å². The van der Waals surface area contributed by atoms with E-state index >= 15 is 0 Å². The molecule has 0 radical (unpaired) electrons. The van der Waals surface area contributed by atoms with Gasteiger partial charge in [0.2, 0.25) is 0 Å². The Morgan fingerprint density at radius 1 is 1.35 bits per heavy atom. The molecule has 0 aliphatic carbocycles. The first-order chi connectivity index (χ1) is 8.33. The molecule has 1 aromatic carbocycles. The zero-order valence-electron chi connectivity index (χ0n) is 9.40. The summed E-state index contributed by atoms with van der Waals surface area (Å²) in [5.74, 6) is 0. The Morgan fingerprint density at radius 3 is 3.06 bits per heavy atom. The van der Waals surface area contributed by atoms with Crippen molar-refractivity contribution in [1.29, 1.82) is 0 Å². The van der Waals surface area contributed by atoms with Crippen molar-refractivity contribution in [3.8, 4) is 0 Å². The van der Waals surface area contributed by atoms with Crippen LogP contribution < -0.4 is 5.32 Å². The van der Waals surface area contributed by atoms with Crippen molar-refractivity contribution in [2.75, 3.05) is 6.54 Å². The molecule has 1 amide bonds. The summed E-state index contributed by atoms with van der Waals surface area (Å²) >= 11 is 0. The van der Waals surface area contributed by atoms with E-state index in [9.17, 15) is 4.79 Å². The van der Waals surface area contributed by atoms with E-state index in [0.717, 1.165) is 18.4 Å². The maximum Gasteiger partial charge on any atom is 0.407 e. The van der Waals surface area contributed by atoms with Crippen LogP contribution in [0.2, 0.25) is 0 Å². The molecule has 1 fully saturated rings. The molecule has 2 heterocycles. The number of carbonyl (C=O) groups excluding carboxylic acids is 1. The monoisotopic (exact) mass is 230 g/mol. The third-order valence-corrected chi connectivity index (χ3v) is 3.16. The minimum atomic E-state index is -0.297. The van der Waals surface area contributed by atoms with Gasteiger partial charge in [0, 0.05) is 17.1 Å². The van der Waals surface area contributed by atoms with Crippen LogP contribution in [0.25, 0.3) is 10.9 Å². The van der Waals surface area contributed by atoms with Gasteiger partial charge in [-0.05, 0) is 24.5 Å². The van der Waals surface area contributed by atoms with E-state index in [4.69, 9.17) is 4.74 Å². The molecule has 3 rings (SSSR count). The van der Waals surface area contributed by atoms with Crippen LogP contribution in [0.4, 0.5) is 4.79 Å². The molecule has 88 valence electrons. The number of rotatable bonds is 3. The lowest BCUT2D eigenvalue weighted by atomic mass is 10.1. The Balaban J connectivity index is 1.71. The zero-order valence-corrected chi connectivity index (χ0v) is 9.40. The van der Waals surface area contributed by atoms with E-state index in [1.165, 1.54) is 10.9 Å². The van der Waals surface area contributed by atoms with Crippen molar-refractivity contribution in [3.05, 3.63) is 36.0 Å². The molecule has 2 aromatic rings. The van der Waals surface area contributed by atoms with E-state index in [1.54, 1.807) is 0 Å². The number of ether oxygens (including phenoxy) is 1. The standard InChI is InChI=1S/C13H14N2O2/c16-13-15-8-10(17-13)6-5-9-7-14-12-4-2-1-3-11(9)12/h1-4,7,10,14H,5-6,8H2,(H,15,16).